The number of allylic oxidation sites excluding steroid dienone is 2. The molecule has 3 rings (SSSR count). The Labute approximate surface area is 152 Å². The Morgan fingerprint density at radius 2 is 2.12 bits per heavy atom. The number of rotatable bonds is 3. The van der Waals surface area contributed by atoms with Crippen molar-refractivity contribution in [2.24, 2.45) is 0 Å². The van der Waals surface area contributed by atoms with Gasteiger partial charge in [-0.2, -0.15) is 10.2 Å². The molecule has 8 heteroatoms. The highest BCUT2D eigenvalue weighted by molar-refractivity contribution is 7.27. The Hall–Kier alpha value is -2.97. The smallest absolute Gasteiger partial charge is 0.358 e. The molecule has 0 spiro atoms. The first-order valence-corrected chi connectivity index (χ1v) is 8.58. The molecule has 0 aliphatic carbocycles. The lowest BCUT2D eigenvalue weighted by atomic mass is 10.1. The zero-order chi connectivity index (χ0) is 18.8. The third-order valence-corrected chi connectivity index (χ3v) is 4.63. The summed E-state index contributed by atoms with van der Waals surface area (Å²) >= 11 is 0. The van der Waals surface area contributed by atoms with E-state index in [2.05, 4.69) is 25.6 Å². The van der Waals surface area contributed by atoms with E-state index < -0.39 is 11.4 Å². The maximum Gasteiger partial charge on any atom is 0.358 e. The molecule has 1 N–H and O–H groups in total. The lowest BCUT2D eigenvalue weighted by Crippen LogP contribution is -2.43. The SMILES string of the molecule is CC1=CC(n2c(=O)nc(C)n(Cc3ccc(P)c(C#N)c3)c2=O)=CNC1. The van der Waals surface area contributed by atoms with Gasteiger partial charge in [-0.05, 0) is 36.9 Å². The number of dihydropyridines is 1. The monoisotopic (exact) mass is 367 g/mol. The van der Waals surface area contributed by atoms with Gasteiger partial charge < -0.3 is 5.32 Å². The molecule has 132 valence electrons. The molecule has 1 aliphatic heterocycles. The minimum absolute atomic E-state index is 0.223. The maximum absolute atomic E-state index is 13.0. The van der Waals surface area contributed by atoms with Gasteiger partial charge in [0, 0.05) is 12.7 Å². The molecule has 7 nitrogen and oxygen atoms in total. The van der Waals surface area contributed by atoms with E-state index in [1.165, 1.54) is 4.57 Å². The fourth-order valence-corrected chi connectivity index (χ4v) is 3.01. The molecule has 2 aromatic rings. The van der Waals surface area contributed by atoms with Crippen LogP contribution in [0.25, 0.3) is 5.70 Å². The van der Waals surface area contributed by atoms with Crippen molar-refractivity contribution < 1.29 is 0 Å². The summed E-state index contributed by atoms with van der Waals surface area (Å²) in [6.07, 6.45) is 3.42. The van der Waals surface area contributed by atoms with Gasteiger partial charge >= 0.3 is 11.4 Å². The second kappa shape index (κ2) is 7.11. The summed E-state index contributed by atoms with van der Waals surface area (Å²) in [5, 5.41) is 13.0. The molecule has 26 heavy (non-hydrogen) atoms. The fourth-order valence-electron chi connectivity index (χ4n) is 2.76. The maximum atomic E-state index is 13.0. The Bertz CT molecular complexity index is 1100. The Balaban J connectivity index is 2.11. The third-order valence-electron chi connectivity index (χ3n) is 4.12. The molecular weight excluding hydrogens is 349 g/mol. The van der Waals surface area contributed by atoms with Crippen molar-refractivity contribution in [3.05, 3.63) is 74.0 Å². The third kappa shape index (κ3) is 3.37. The van der Waals surface area contributed by atoms with Gasteiger partial charge in [-0.15, -0.1) is 9.24 Å². The number of aromatic nitrogens is 3. The summed E-state index contributed by atoms with van der Waals surface area (Å²) in [6.45, 7) is 4.43. The molecular formula is C18H18N5O2P. The summed E-state index contributed by atoms with van der Waals surface area (Å²) < 4.78 is 2.48. The van der Waals surface area contributed by atoms with Crippen LogP contribution in [0.1, 0.15) is 23.9 Å². The van der Waals surface area contributed by atoms with E-state index in [1.54, 1.807) is 25.3 Å². The number of nitriles is 1. The lowest BCUT2D eigenvalue weighted by molar-refractivity contribution is 0.623. The van der Waals surface area contributed by atoms with Gasteiger partial charge in [0.05, 0.1) is 23.9 Å². The summed E-state index contributed by atoms with van der Waals surface area (Å²) in [6, 6.07) is 7.51. The van der Waals surface area contributed by atoms with Crippen LogP contribution in [-0.2, 0) is 6.54 Å². The summed E-state index contributed by atoms with van der Waals surface area (Å²) in [4.78, 5) is 29.3. The first kappa shape index (κ1) is 17.8. The van der Waals surface area contributed by atoms with E-state index in [9.17, 15) is 14.9 Å². The van der Waals surface area contributed by atoms with Crippen LogP contribution in [0, 0.1) is 18.3 Å². The topological polar surface area (TPSA) is 92.7 Å². The van der Waals surface area contributed by atoms with Crippen LogP contribution in [0.2, 0.25) is 0 Å². The second-order valence-electron chi connectivity index (χ2n) is 6.12. The van der Waals surface area contributed by atoms with E-state index in [0.29, 0.717) is 23.6 Å². The number of benzene rings is 1. The zero-order valence-corrected chi connectivity index (χ0v) is 15.6. The van der Waals surface area contributed by atoms with Crippen LogP contribution in [0.4, 0.5) is 0 Å². The van der Waals surface area contributed by atoms with Crippen LogP contribution < -0.4 is 22.0 Å². The molecule has 0 saturated heterocycles. The number of hydrogen-bond donors (Lipinski definition) is 1. The van der Waals surface area contributed by atoms with Crippen molar-refractivity contribution in [2.45, 2.75) is 20.4 Å². The van der Waals surface area contributed by atoms with Crippen molar-refractivity contribution in [1.82, 2.24) is 19.4 Å². The highest BCUT2D eigenvalue weighted by atomic mass is 31.0. The molecule has 0 radical (unpaired) electrons. The molecule has 1 unspecified atom stereocenters. The average molecular weight is 367 g/mol. The van der Waals surface area contributed by atoms with E-state index in [1.807, 2.05) is 19.1 Å². The first-order chi connectivity index (χ1) is 12.4. The molecule has 0 fully saturated rings. The highest BCUT2D eigenvalue weighted by Gasteiger charge is 2.15. The molecule has 1 aromatic carbocycles. The molecule has 1 aliphatic rings. The standard InChI is InChI=1S/C18H18N5O2P/c1-11-5-15(9-20-8-11)23-17(24)21-12(2)22(18(23)25)10-13-3-4-16(26)14(6-13)7-19/h3-6,9,20H,8,10,26H2,1-2H3. The minimum atomic E-state index is -0.610. The molecule has 1 atom stereocenters. The van der Waals surface area contributed by atoms with Crippen LogP contribution in [-0.4, -0.2) is 20.7 Å². The summed E-state index contributed by atoms with van der Waals surface area (Å²) in [5.74, 6) is 0.328. The number of aryl methyl sites for hydroxylation is 1. The van der Waals surface area contributed by atoms with Gasteiger partial charge in [0.25, 0.3) is 0 Å². The molecule has 2 heterocycles. The Morgan fingerprint density at radius 1 is 1.35 bits per heavy atom. The lowest BCUT2D eigenvalue weighted by Gasteiger charge is -2.16. The summed E-state index contributed by atoms with van der Waals surface area (Å²) in [5.41, 5.74) is 1.71. The first-order valence-electron chi connectivity index (χ1n) is 8.01. The van der Waals surface area contributed by atoms with Crippen molar-refractivity contribution in [2.75, 3.05) is 6.54 Å². The minimum Gasteiger partial charge on any atom is -0.385 e. The van der Waals surface area contributed by atoms with Gasteiger partial charge in [-0.3, -0.25) is 4.57 Å². The predicted molar refractivity (Wildman–Crippen MR) is 103 cm³/mol. The average Bonchev–Trinajstić information content (AvgIpc) is 2.60. The van der Waals surface area contributed by atoms with Gasteiger partial charge in [-0.1, -0.05) is 17.7 Å². The second-order valence-corrected chi connectivity index (χ2v) is 6.74. The fraction of sp³-hybridized carbons (Fsp3) is 0.222. The van der Waals surface area contributed by atoms with Gasteiger partial charge in [-0.25, -0.2) is 14.2 Å². The van der Waals surface area contributed by atoms with Gasteiger partial charge in [0.1, 0.15) is 5.82 Å². The van der Waals surface area contributed by atoms with Crippen molar-refractivity contribution in [3.63, 3.8) is 0 Å². The van der Waals surface area contributed by atoms with Gasteiger partial charge in [0.15, 0.2) is 0 Å². The normalized spacial score (nSPS) is 13.5. The Kier molecular flexibility index (Phi) is 4.88. The Morgan fingerprint density at radius 3 is 2.81 bits per heavy atom. The van der Waals surface area contributed by atoms with E-state index in [0.717, 1.165) is 21.0 Å². The van der Waals surface area contributed by atoms with Crippen LogP contribution >= 0.6 is 9.24 Å². The number of nitrogens with one attached hydrogen (secondary N) is 1. The van der Waals surface area contributed by atoms with Crippen LogP contribution in [0.3, 0.4) is 0 Å². The summed E-state index contributed by atoms with van der Waals surface area (Å²) in [7, 11) is 2.51. The number of hydrogen-bond acceptors (Lipinski definition) is 5. The van der Waals surface area contributed by atoms with E-state index >= 15 is 0 Å². The molecule has 0 saturated carbocycles. The van der Waals surface area contributed by atoms with E-state index in [-0.39, 0.29) is 6.54 Å². The van der Waals surface area contributed by atoms with Crippen molar-refractivity contribution >= 4 is 20.2 Å². The molecule has 0 amide bonds. The number of nitrogens with zero attached hydrogens (tertiary/aromatic N) is 4. The van der Waals surface area contributed by atoms with Crippen LogP contribution in [0.5, 0.6) is 0 Å². The predicted octanol–water partition coefficient (Wildman–Crippen LogP) is 0.482. The van der Waals surface area contributed by atoms with Crippen molar-refractivity contribution in [3.8, 4) is 6.07 Å². The van der Waals surface area contributed by atoms with Gasteiger partial charge in [0.2, 0.25) is 0 Å². The highest BCUT2D eigenvalue weighted by Crippen LogP contribution is 2.10. The van der Waals surface area contributed by atoms with Crippen LogP contribution in [0.15, 0.2) is 45.6 Å². The van der Waals surface area contributed by atoms with E-state index in [4.69, 9.17) is 0 Å². The largest absolute Gasteiger partial charge is 0.385 e. The quantitative estimate of drug-likeness (QED) is 0.797. The molecule has 1 aromatic heterocycles. The van der Waals surface area contributed by atoms with Crippen molar-refractivity contribution in [1.29, 1.82) is 5.26 Å². The molecule has 0 bridgehead atoms. The zero-order valence-electron chi connectivity index (χ0n) is 14.5.